The van der Waals surface area contributed by atoms with Gasteiger partial charge in [-0.3, -0.25) is 14.5 Å². The van der Waals surface area contributed by atoms with Gasteiger partial charge < -0.3 is 5.11 Å². The zero-order chi connectivity index (χ0) is 13.7. The van der Waals surface area contributed by atoms with Gasteiger partial charge in [-0.25, -0.2) is 4.79 Å². The lowest BCUT2D eigenvalue weighted by Gasteiger charge is -2.33. The van der Waals surface area contributed by atoms with Crippen molar-refractivity contribution < 1.29 is 19.5 Å². The van der Waals surface area contributed by atoms with Crippen molar-refractivity contribution in [3.63, 3.8) is 0 Å². The quantitative estimate of drug-likeness (QED) is 0.752. The third-order valence-corrected chi connectivity index (χ3v) is 3.94. The molecule has 0 aromatic rings. The highest BCUT2D eigenvalue weighted by atomic mass is 16.4. The summed E-state index contributed by atoms with van der Waals surface area (Å²) in [4.78, 5) is 36.9. The summed E-state index contributed by atoms with van der Waals surface area (Å²) in [6.07, 6.45) is 2.30. The van der Waals surface area contributed by atoms with Crippen molar-refractivity contribution in [1.82, 2.24) is 4.90 Å². The van der Waals surface area contributed by atoms with Crippen LogP contribution in [0.3, 0.4) is 0 Å². The number of likely N-dealkylation sites (tertiary alicyclic amines) is 1. The van der Waals surface area contributed by atoms with Crippen molar-refractivity contribution in [3.05, 3.63) is 0 Å². The Morgan fingerprint density at radius 3 is 2.00 bits per heavy atom. The number of carbonyl (C=O) groups excluding carboxylic acids is 2. The summed E-state index contributed by atoms with van der Waals surface area (Å²) in [7, 11) is 0. The summed E-state index contributed by atoms with van der Waals surface area (Å²) < 4.78 is 0. The molecule has 1 saturated carbocycles. The van der Waals surface area contributed by atoms with Crippen LogP contribution >= 0.6 is 0 Å². The zero-order valence-corrected chi connectivity index (χ0v) is 11.0. The molecule has 18 heavy (non-hydrogen) atoms. The number of hydrogen-bond donors (Lipinski definition) is 1. The minimum Gasteiger partial charge on any atom is -0.480 e. The fourth-order valence-electron chi connectivity index (χ4n) is 3.14. The minimum atomic E-state index is -1.11. The fourth-order valence-corrected chi connectivity index (χ4v) is 3.14. The first-order valence-corrected chi connectivity index (χ1v) is 6.35. The number of carboxylic acids is 1. The Kier molecular flexibility index (Phi) is 2.95. The van der Waals surface area contributed by atoms with Crippen molar-refractivity contribution in [2.24, 2.45) is 17.3 Å². The Labute approximate surface area is 106 Å². The Balaban J connectivity index is 2.35. The summed E-state index contributed by atoms with van der Waals surface area (Å²) in [5.41, 5.74) is -0.657. The van der Waals surface area contributed by atoms with E-state index in [0.29, 0.717) is 12.8 Å². The van der Waals surface area contributed by atoms with E-state index in [1.807, 2.05) is 0 Å². The Bertz CT molecular complexity index is 388. The number of nitrogens with zero attached hydrogens (tertiary/aromatic N) is 1. The predicted molar refractivity (Wildman–Crippen MR) is 63.6 cm³/mol. The van der Waals surface area contributed by atoms with Crippen molar-refractivity contribution in [1.29, 1.82) is 0 Å². The van der Waals surface area contributed by atoms with Gasteiger partial charge in [0.15, 0.2) is 0 Å². The standard InChI is InChI=1S/C13H19NO4/c1-13(2,3)9(12(17)18)14-10(15)7-5-4-6-8(7)11(14)16/h7-9H,4-6H2,1-3H3,(H,17,18). The molecule has 0 aromatic heterocycles. The number of hydrogen-bond acceptors (Lipinski definition) is 3. The Morgan fingerprint density at radius 2 is 1.67 bits per heavy atom. The number of fused-ring (bicyclic) bond motifs is 1. The van der Waals surface area contributed by atoms with Crippen LogP contribution in [0.15, 0.2) is 0 Å². The molecule has 1 heterocycles. The summed E-state index contributed by atoms with van der Waals surface area (Å²) in [6, 6.07) is -1.07. The van der Waals surface area contributed by atoms with E-state index < -0.39 is 17.4 Å². The molecule has 2 fully saturated rings. The van der Waals surface area contributed by atoms with Gasteiger partial charge in [0.1, 0.15) is 6.04 Å². The summed E-state index contributed by atoms with van der Waals surface area (Å²) >= 11 is 0. The van der Waals surface area contributed by atoms with Crippen LogP contribution in [-0.2, 0) is 14.4 Å². The molecular formula is C13H19NO4. The third kappa shape index (κ3) is 1.82. The van der Waals surface area contributed by atoms with Crippen molar-refractivity contribution in [2.45, 2.75) is 46.1 Å². The lowest BCUT2D eigenvalue weighted by atomic mass is 9.85. The van der Waals surface area contributed by atoms with Crippen LogP contribution in [0.25, 0.3) is 0 Å². The molecule has 2 amide bonds. The van der Waals surface area contributed by atoms with E-state index in [9.17, 15) is 19.5 Å². The fraction of sp³-hybridized carbons (Fsp3) is 0.769. The lowest BCUT2D eigenvalue weighted by Crippen LogP contribution is -2.52. The van der Waals surface area contributed by atoms with Crippen LogP contribution in [0.1, 0.15) is 40.0 Å². The van der Waals surface area contributed by atoms with Gasteiger partial charge >= 0.3 is 5.97 Å². The van der Waals surface area contributed by atoms with Gasteiger partial charge in [-0.05, 0) is 18.3 Å². The average Bonchev–Trinajstić information content (AvgIpc) is 2.76. The van der Waals surface area contributed by atoms with Crippen molar-refractivity contribution >= 4 is 17.8 Å². The van der Waals surface area contributed by atoms with E-state index in [1.165, 1.54) is 0 Å². The summed E-state index contributed by atoms with van der Waals surface area (Å²) in [5.74, 6) is -2.23. The molecule has 1 saturated heterocycles. The molecule has 3 atom stereocenters. The van der Waals surface area contributed by atoms with Crippen molar-refractivity contribution in [2.75, 3.05) is 0 Å². The second-order valence-electron chi connectivity index (χ2n) is 6.30. The van der Waals surface area contributed by atoms with E-state index in [1.54, 1.807) is 20.8 Å². The Morgan fingerprint density at radius 1 is 1.22 bits per heavy atom. The van der Waals surface area contributed by atoms with Gasteiger partial charge in [-0.1, -0.05) is 27.2 Å². The zero-order valence-electron chi connectivity index (χ0n) is 11.0. The van der Waals surface area contributed by atoms with Gasteiger partial charge in [-0.2, -0.15) is 0 Å². The molecule has 0 spiro atoms. The molecule has 2 aliphatic rings. The molecule has 1 N–H and O–H groups in total. The first kappa shape index (κ1) is 13.1. The highest BCUT2D eigenvalue weighted by Crippen LogP contribution is 2.42. The molecule has 5 nitrogen and oxygen atoms in total. The van der Waals surface area contributed by atoms with Gasteiger partial charge in [-0.15, -0.1) is 0 Å². The summed E-state index contributed by atoms with van der Waals surface area (Å²) in [5, 5.41) is 9.32. The monoisotopic (exact) mass is 253 g/mol. The van der Waals surface area contributed by atoms with Gasteiger partial charge in [0, 0.05) is 0 Å². The molecule has 1 aliphatic carbocycles. The first-order chi connectivity index (χ1) is 8.25. The van der Waals surface area contributed by atoms with E-state index in [4.69, 9.17) is 0 Å². The molecule has 100 valence electrons. The maximum absolute atomic E-state index is 12.2. The van der Waals surface area contributed by atoms with Gasteiger partial charge in [0.2, 0.25) is 11.8 Å². The first-order valence-electron chi connectivity index (χ1n) is 6.35. The number of carbonyl (C=O) groups is 3. The number of carboxylic acid groups (broad SMARTS) is 1. The number of amides is 2. The predicted octanol–water partition coefficient (Wildman–Crippen LogP) is 1.27. The average molecular weight is 253 g/mol. The van der Waals surface area contributed by atoms with E-state index >= 15 is 0 Å². The topological polar surface area (TPSA) is 74.7 Å². The van der Waals surface area contributed by atoms with Crippen LogP contribution in [-0.4, -0.2) is 33.8 Å². The molecule has 3 unspecified atom stereocenters. The molecule has 0 bridgehead atoms. The van der Waals surface area contributed by atoms with E-state index in [-0.39, 0.29) is 23.7 Å². The molecule has 1 aliphatic heterocycles. The third-order valence-electron chi connectivity index (χ3n) is 3.94. The number of aliphatic carboxylic acids is 1. The molecule has 0 radical (unpaired) electrons. The number of imide groups is 1. The van der Waals surface area contributed by atoms with E-state index in [0.717, 1.165) is 11.3 Å². The maximum atomic E-state index is 12.2. The lowest BCUT2D eigenvalue weighted by molar-refractivity contribution is -0.160. The maximum Gasteiger partial charge on any atom is 0.327 e. The van der Waals surface area contributed by atoms with Gasteiger partial charge in [0.05, 0.1) is 11.8 Å². The van der Waals surface area contributed by atoms with E-state index in [2.05, 4.69) is 0 Å². The van der Waals surface area contributed by atoms with Crippen LogP contribution in [0.5, 0.6) is 0 Å². The second-order valence-corrected chi connectivity index (χ2v) is 6.30. The molecule has 5 heteroatoms. The highest BCUT2D eigenvalue weighted by Gasteiger charge is 2.55. The summed E-state index contributed by atoms with van der Waals surface area (Å²) in [6.45, 7) is 5.21. The molecule has 2 rings (SSSR count). The SMILES string of the molecule is CC(C)(C)C(C(=O)O)N1C(=O)C2CCCC2C1=O. The van der Waals surface area contributed by atoms with Gasteiger partial charge in [0.25, 0.3) is 0 Å². The highest BCUT2D eigenvalue weighted by molar-refractivity contribution is 6.08. The number of rotatable bonds is 2. The van der Waals surface area contributed by atoms with Crippen molar-refractivity contribution in [3.8, 4) is 0 Å². The Hall–Kier alpha value is -1.39. The normalized spacial score (nSPS) is 29.6. The second kappa shape index (κ2) is 4.07. The van der Waals surface area contributed by atoms with Crippen LogP contribution < -0.4 is 0 Å². The van der Waals surface area contributed by atoms with Crippen LogP contribution in [0.4, 0.5) is 0 Å². The van der Waals surface area contributed by atoms with Crippen LogP contribution in [0.2, 0.25) is 0 Å². The largest absolute Gasteiger partial charge is 0.480 e. The minimum absolute atomic E-state index is 0.276. The molecular weight excluding hydrogens is 234 g/mol. The molecule has 0 aromatic carbocycles. The van der Waals surface area contributed by atoms with Crippen LogP contribution in [0, 0.1) is 17.3 Å². The smallest absolute Gasteiger partial charge is 0.327 e.